The second-order valence-corrected chi connectivity index (χ2v) is 10.7. The Hall–Kier alpha value is -4.92. The molecule has 3 heterocycles. The molecule has 0 saturated heterocycles. The number of rotatable bonds is 8. The Morgan fingerprint density at radius 2 is 1.89 bits per heavy atom. The van der Waals surface area contributed by atoms with Crippen molar-refractivity contribution in [1.82, 2.24) is 34.7 Å². The predicted molar refractivity (Wildman–Crippen MR) is 151 cm³/mol. The van der Waals surface area contributed by atoms with Crippen molar-refractivity contribution in [3.63, 3.8) is 0 Å². The molecule has 1 aliphatic carbocycles. The Morgan fingerprint density at radius 1 is 1.13 bits per heavy atom. The smallest absolute Gasteiger partial charge is 0.436 e. The van der Waals surface area contributed by atoms with Gasteiger partial charge in [-0.3, -0.25) is 19.3 Å². The maximum absolute atomic E-state index is 15.4. The first-order valence-corrected chi connectivity index (χ1v) is 13.5. The highest BCUT2D eigenvalue weighted by atomic mass is 35.5. The monoisotopic (exact) mass is 647 g/mol. The van der Waals surface area contributed by atoms with Crippen molar-refractivity contribution in [2.24, 2.45) is 0 Å². The summed E-state index contributed by atoms with van der Waals surface area (Å²) in [6, 6.07) is 4.39. The summed E-state index contributed by atoms with van der Waals surface area (Å²) >= 11 is 6.01. The maximum atomic E-state index is 15.4. The van der Waals surface area contributed by atoms with Crippen LogP contribution in [0.15, 0.2) is 73.4 Å². The van der Waals surface area contributed by atoms with Crippen LogP contribution in [0.5, 0.6) is 0 Å². The first kappa shape index (κ1) is 31.5. The molecule has 234 valence electrons. The first-order valence-electron chi connectivity index (χ1n) is 13.2. The number of benzene rings is 1. The fraction of sp³-hybridized carbons (Fsp3) is 0.241. The average molecular weight is 648 g/mol. The second kappa shape index (κ2) is 11.9. The summed E-state index contributed by atoms with van der Waals surface area (Å²) in [6.45, 7) is 0. The van der Waals surface area contributed by atoms with Gasteiger partial charge in [-0.25, -0.2) is 13.5 Å². The Morgan fingerprint density at radius 3 is 2.49 bits per heavy atom. The Kier molecular flexibility index (Phi) is 8.31. The third kappa shape index (κ3) is 5.82. The molecule has 0 aliphatic heterocycles. The number of nitrogens with zero attached hydrogens (tertiary/aromatic N) is 7. The van der Waals surface area contributed by atoms with Crippen LogP contribution >= 0.6 is 11.6 Å². The number of hydrogen-bond acceptors (Lipinski definition) is 6. The van der Waals surface area contributed by atoms with Gasteiger partial charge in [0.1, 0.15) is 17.6 Å². The number of pyridine rings is 1. The number of carboxylic acid groups (broad SMARTS) is 1. The lowest BCUT2D eigenvalue weighted by Crippen LogP contribution is -2.42. The van der Waals surface area contributed by atoms with E-state index >= 15 is 8.78 Å². The molecular weight excluding hydrogens is 625 g/mol. The van der Waals surface area contributed by atoms with Crippen molar-refractivity contribution >= 4 is 23.5 Å². The minimum absolute atomic E-state index is 0.0266. The van der Waals surface area contributed by atoms with E-state index in [4.69, 9.17) is 11.6 Å². The zero-order valence-electron chi connectivity index (χ0n) is 23.5. The maximum Gasteiger partial charge on any atom is 0.436 e. The molecule has 10 nitrogen and oxygen atoms in total. The van der Waals surface area contributed by atoms with Gasteiger partial charge in [0, 0.05) is 43.2 Å². The zero-order valence-corrected chi connectivity index (χ0v) is 24.2. The van der Waals surface area contributed by atoms with Crippen LogP contribution in [0.1, 0.15) is 29.4 Å². The van der Waals surface area contributed by atoms with Crippen LogP contribution in [0.25, 0.3) is 16.8 Å². The molecular formula is C29H23ClF5N7O3. The van der Waals surface area contributed by atoms with E-state index in [0.29, 0.717) is 6.20 Å². The van der Waals surface area contributed by atoms with E-state index in [-0.39, 0.29) is 45.4 Å². The topological polar surface area (TPSA) is 119 Å². The molecule has 1 N–H and O–H groups in total. The number of hydrogen-bond donors (Lipinski definition) is 1. The van der Waals surface area contributed by atoms with E-state index in [1.807, 2.05) is 0 Å². The van der Waals surface area contributed by atoms with E-state index in [1.54, 1.807) is 0 Å². The van der Waals surface area contributed by atoms with Crippen molar-refractivity contribution in [3.8, 4) is 16.8 Å². The van der Waals surface area contributed by atoms with Crippen molar-refractivity contribution in [2.75, 3.05) is 14.1 Å². The zero-order chi connectivity index (χ0) is 32.7. The van der Waals surface area contributed by atoms with Gasteiger partial charge in [-0.15, -0.1) is 5.10 Å². The molecule has 0 spiro atoms. The lowest BCUT2D eigenvalue weighted by molar-refractivity contribution is -0.144. The van der Waals surface area contributed by atoms with Crippen molar-refractivity contribution in [2.45, 2.75) is 30.2 Å². The molecule has 0 fully saturated rings. The molecule has 3 aromatic heterocycles. The summed E-state index contributed by atoms with van der Waals surface area (Å²) in [6.07, 6.45) is 2.65. The molecule has 45 heavy (non-hydrogen) atoms. The number of carbonyl (C=O) groups excluding carboxylic acids is 1. The molecule has 1 aromatic carbocycles. The Balaban J connectivity index is 1.56. The van der Waals surface area contributed by atoms with Gasteiger partial charge in [0.2, 0.25) is 5.91 Å². The van der Waals surface area contributed by atoms with Gasteiger partial charge in [0.25, 0.3) is 0 Å². The second-order valence-electron chi connectivity index (χ2n) is 10.3. The molecule has 0 radical (unpaired) electrons. The van der Waals surface area contributed by atoms with Crippen LogP contribution in [0.4, 0.5) is 22.0 Å². The van der Waals surface area contributed by atoms with Crippen molar-refractivity contribution < 1.29 is 36.6 Å². The number of carbonyl (C=O) groups is 2. The first-order chi connectivity index (χ1) is 21.2. The molecule has 5 rings (SSSR count). The molecule has 3 unspecified atom stereocenters. The summed E-state index contributed by atoms with van der Waals surface area (Å²) in [5, 5.41) is 20.5. The van der Waals surface area contributed by atoms with Gasteiger partial charge >= 0.3 is 12.1 Å². The van der Waals surface area contributed by atoms with Gasteiger partial charge in [0.05, 0.1) is 35.2 Å². The van der Waals surface area contributed by atoms with E-state index in [0.717, 1.165) is 16.8 Å². The summed E-state index contributed by atoms with van der Waals surface area (Å²) in [5.41, 5.74) is -3.26. The van der Waals surface area contributed by atoms with Crippen molar-refractivity contribution in [1.29, 1.82) is 0 Å². The van der Waals surface area contributed by atoms with Gasteiger partial charge in [-0.2, -0.15) is 18.3 Å². The lowest BCUT2D eigenvalue weighted by Gasteiger charge is -2.28. The van der Waals surface area contributed by atoms with Crippen LogP contribution in [-0.2, 0) is 21.2 Å². The molecule has 1 aliphatic rings. The molecule has 1 amide bonds. The van der Waals surface area contributed by atoms with Crippen LogP contribution in [0.3, 0.4) is 0 Å². The molecule has 16 heteroatoms. The quantitative estimate of drug-likeness (QED) is 0.262. The normalized spacial score (nSPS) is 18.6. The van der Waals surface area contributed by atoms with E-state index in [1.165, 1.54) is 78.7 Å². The fourth-order valence-electron chi connectivity index (χ4n) is 4.85. The van der Waals surface area contributed by atoms with Crippen LogP contribution < -0.4 is 0 Å². The van der Waals surface area contributed by atoms with Crippen LogP contribution in [-0.4, -0.2) is 71.9 Å². The Bertz CT molecular complexity index is 1820. The summed E-state index contributed by atoms with van der Waals surface area (Å²) in [7, 11) is 3.07. The highest BCUT2D eigenvalue weighted by Crippen LogP contribution is 2.38. The van der Waals surface area contributed by atoms with Crippen LogP contribution in [0, 0.1) is 5.82 Å². The molecule has 4 aromatic rings. The minimum Gasteiger partial charge on any atom is -0.480 e. The summed E-state index contributed by atoms with van der Waals surface area (Å²) in [4.78, 5) is 30.8. The summed E-state index contributed by atoms with van der Waals surface area (Å²) in [5.74, 6) is -2.72. The third-order valence-corrected chi connectivity index (χ3v) is 7.62. The number of alkyl halides is 4. The third-order valence-electron chi connectivity index (χ3n) is 7.32. The molecule has 0 bridgehead atoms. The Labute approximate surface area is 257 Å². The number of halogens is 6. The minimum atomic E-state index is -4.78. The number of allylic oxidation sites excluding steroid dienone is 3. The van der Waals surface area contributed by atoms with Gasteiger partial charge in [-0.05, 0) is 24.3 Å². The molecule has 0 saturated carbocycles. The number of amides is 1. The van der Waals surface area contributed by atoms with Crippen LogP contribution in [0.2, 0.25) is 5.02 Å². The number of aliphatic carboxylic acids is 1. The van der Waals surface area contributed by atoms with Crippen molar-refractivity contribution in [3.05, 3.63) is 101 Å². The SMILES string of the molecule is CN(C)C(=O)CC(c1ccc(-c2c(-n3cc(C(F)(F)F)nn3)ccc(Cl)c2F)cn1)n1cc(C2(C(=O)O)C=CC=CC2F)cn1. The van der Waals surface area contributed by atoms with Gasteiger partial charge in [-0.1, -0.05) is 41.1 Å². The fourth-order valence-corrected chi connectivity index (χ4v) is 5.01. The lowest BCUT2D eigenvalue weighted by atomic mass is 9.75. The number of carboxylic acids is 1. The number of aromatic nitrogens is 6. The highest BCUT2D eigenvalue weighted by Gasteiger charge is 2.47. The molecule has 3 atom stereocenters. The van der Waals surface area contributed by atoms with E-state index in [9.17, 15) is 27.9 Å². The average Bonchev–Trinajstić information content (AvgIpc) is 3.69. The standard InChI is InChI=1S/C29H23ClF5N7O3/c1-40(2)24(43)11-21(41-14-17(13-37-41)28(27(44)45)10-4-3-5-22(28)31)19-8-6-16(12-36-19)25-20(9-7-18(30)26(25)32)42-15-23(38-39-42)29(33,34)35/h3-10,12-15,21-22H,11H2,1-2H3,(H,44,45). The van der Waals surface area contributed by atoms with E-state index < -0.39 is 41.3 Å². The van der Waals surface area contributed by atoms with E-state index in [2.05, 4.69) is 20.4 Å². The highest BCUT2D eigenvalue weighted by molar-refractivity contribution is 6.31. The van der Waals surface area contributed by atoms with Gasteiger partial charge in [0.15, 0.2) is 11.5 Å². The summed E-state index contributed by atoms with van der Waals surface area (Å²) < 4.78 is 72.0. The largest absolute Gasteiger partial charge is 0.480 e. The van der Waals surface area contributed by atoms with Gasteiger partial charge < -0.3 is 10.0 Å². The predicted octanol–water partition coefficient (Wildman–Crippen LogP) is 5.19.